The monoisotopic (exact) mass is 288 g/mol. The van der Waals surface area contributed by atoms with E-state index < -0.39 is 0 Å². The van der Waals surface area contributed by atoms with Crippen molar-refractivity contribution in [1.29, 1.82) is 0 Å². The number of nitro groups is 1. The van der Waals surface area contributed by atoms with Gasteiger partial charge in [-0.05, 0) is 42.9 Å². The SMILES string of the molecule is NC(Cc1ccc([N+](=O)[O-])cc1)c1cc2c(s1)CCC2. The highest BCUT2D eigenvalue weighted by Gasteiger charge is 2.18. The number of nitrogens with two attached hydrogens (primary N) is 1. The largest absolute Gasteiger partial charge is 0.323 e. The molecule has 2 N–H and O–H groups in total. The summed E-state index contributed by atoms with van der Waals surface area (Å²) in [6.07, 6.45) is 4.34. The van der Waals surface area contributed by atoms with Crippen LogP contribution in [0.4, 0.5) is 5.69 Å². The fraction of sp³-hybridized carbons (Fsp3) is 0.333. The zero-order chi connectivity index (χ0) is 14.1. The number of hydrogen-bond donors (Lipinski definition) is 1. The quantitative estimate of drug-likeness (QED) is 0.692. The first-order valence-electron chi connectivity index (χ1n) is 6.74. The van der Waals surface area contributed by atoms with E-state index in [1.807, 2.05) is 11.3 Å². The molecule has 2 aromatic rings. The van der Waals surface area contributed by atoms with E-state index in [-0.39, 0.29) is 16.7 Å². The lowest BCUT2D eigenvalue weighted by Crippen LogP contribution is -2.11. The smallest absolute Gasteiger partial charge is 0.269 e. The van der Waals surface area contributed by atoms with E-state index >= 15 is 0 Å². The molecular weight excluding hydrogens is 272 g/mol. The van der Waals surface area contributed by atoms with Gasteiger partial charge in [-0.15, -0.1) is 11.3 Å². The molecule has 4 nitrogen and oxygen atoms in total. The van der Waals surface area contributed by atoms with Crippen LogP contribution in [-0.2, 0) is 19.3 Å². The molecule has 1 atom stereocenters. The summed E-state index contributed by atoms with van der Waals surface area (Å²) in [5.74, 6) is 0. The minimum absolute atomic E-state index is 0.0212. The maximum Gasteiger partial charge on any atom is 0.269 e. The van der Waals surface area contributed by atoms with Crippen molar-refractivity contribution in [2.45, 2.75) is 31.7 Å². The van der Waals surface area contributed by atoms with Gasteiger partial charge in [0.15, 0.2) is 0 Å². The van der Waals surface area contributed by atoms with Crippen LogP contribution in [-0.4, -0.2) is 4.92 Å². The highest BCUT2D eigenvalue weighted by Crippen LogP contribution is 2.34. The Morgan fingerprint density at radius 3 is 2.70 bits per heavy atom. The molecular formula is C15H16N2O2S. The van der Waals surface area contributed by atoms with Gasteiger partial charge < -0.3 is 5.73 Å². The van der Waals surface area contributed by atoms with Gasteiger partial charge in [0, 0.05) is 27.9 Å². The van der Waals surface area contributed by atoms with Crippen molar-refractivity contribution in [3.05, 3.63) is 61.3 Å². The molecule has 104 valence electrons. The van der Waals surface area contributed by atoms with Crippen LogP contribution in [0.2, 0.25) is 0 Å². The highest BCUT2D eigenvalue weighted by molar-refractivity contribution is 7.12. The topological polar surface area (TPSA) is 69.2 Å². The summed E-state index contributed by atoms with van der Waals surface area (Å²) in [6.45, 7) is 0. The van der Waals surface area contributed by atoms with Crippen LogP contribution in [0.15, 0.2) is 30.3 Å². The fourth-order valence-electron chi connectivity index (χ4n) is 2.64. The van der Waals surface area contributed by atoms with Crippen LogP contribution in [0, 0.1) is 10.1 Å². The number of non-ortho nitro benzene ring substituents is 1. The molecule has 1 aromatic carbocycles. The third kappa shape index (κ3) is 2.59. The van der Waals surface area contributed by atoms with E-state index in [2.05, 4.69) is 6.07 Å². The summed E-state index contributed by atoms with van der Waals surface area (Å²) in [5.41, 5.74) is 8.89. The Labute approximate surface area is 121 Å². The second-order valence-electron chi connectivity index (χ2n) is 5.18. The van der Waals surface area contributed by atoms with Crippen molar-refractivity contribution in [2.24, 2.45) is 5.73 Å². The average Bonchev–Trinajstić information content (AvgIpc) is 2.99. The molecule has 1 aliphatic carbocycles. The van der Waals surface area contributed by atoms with E-state index in [1.54, 1.807) is 12.1 Å². The van der Waals surface area contributed by atoms with E-state index in [9.17, 15) is 10.1 Å². The Hall–Kier alpha value is -1.72. The average molecular weight is 288 g/mol. The second-order valence-corrected chi connectivity index (χ2v) is 6.35. The molecule has 1 unspecified atom stereocenters. The van der Waals surface area contributed by atoms with Crippen molar-refractivity contribution in [2.75, 3.05) is 0 Å². The zero-order valence-electron chi connectivity index (χ0n) is 11.0. The number of aryl methyl sites for hydroxylation is 2. The third-order valence-electron chi connectivity index (χ3n) is 3.73. The summed E-state index contributed by atoms with van der Waals surface area (Å²) >= 11 is 1.82. The number of fused-ring (bicyclic) bond motifs is 1. The lowest BCUT2D eigenvalue weighted by atomic mass is 10.0. The molecule has 1 aliphatic rings. The van der Waals surface area contributed by atoms with Gasteiger partial charge in [-0.2, -0.15) is 0 Å². The first-order valence-corrected chi connectivity index (χ1v) is 7.55. The summed E-state index contributed by atoms with van der Waals surface area (Å²) in [6, 6.07) is 8.88. The van der Waals surface area contributed by atoms with E-state index in [0.717, 1.165) is 12.0 Å². The lowest BCUT2D eigenvalue weighted by Gasteiger charge is -2.09. The predicted octanol–water partition coefficient (Wildman–Crippen LogP) is 3.39. The predicted molar refractivity (Wildman–Crippen MR) is 80.1 cm³/mol. The lowest BCUT2D eigenvalue weighted by molar-refractivity contribution is -0.384. The van der Waals surface area contributed by atoms with E-state index in [0.29, 0.717) is 0 Å². The standard InChI is InChI=1S/C15H16N2O2S/c16-13(15-9-11-2-1-3-14(11)20-15)8-10-4-6-12(7-5-10)17(18)19/h4-7,9,13H,1-3,8,16H2. The first-order chi connectivity index (χ1) is 9.63. The Balaban J connectivity index is 1.71. The Bertz CT molecular complexity index is 612. The highest BCUT2D eigenvalue weighted by atomic mass is 32.1. The van der Waals surface area contributed by atoms with Crippen LogP contribution in [0.1, 0.15) is 33.3 Å². The van der Waals surface area contributed by atoms with Gasteiger partial charge in [-0.25, -0.2) is 0 Å². The van der Waals surface area contributed by atoms with Gasteiger partial charge >= 0.3 is 0 Å². The Morgan fingerprint density at radius 1 is 1.30 bits per heavy atom. The van der Waals surface area contributed by atoms with Gasteiger partial charge in [-0.1, -0.05) is 12.1 Å². The van der Waals surface area contributed by atoms with Crippen molar-refractivity contribution in [3.8, 4) is 0 Å². The molecule has 20 heavy (non-hydrogen) atoms. The minimum atomic E-state index is -0.381. The molecule has 0 fully saturated rings. The number of nitro benzene ring substituents is 1. The van der Waals surface area contributed by atoms with Gasteiger partial charge in [0.1, 0.15) is 0 Å². The van der Waals surface area contributed by atoms with Crippen LogP contribution in [0.5, 0.6) is 0 Å². The molecule has 0 radical (unpaired) electrons. The maximum absolute atomic E-state index is 10.6. The number of rotatable bonds is 4. The van der Waals surface area contributed by atoms with Crippen LogP contribution in [0.25, 0.3) is 0 Å². The number of thiophene rings is 1. The molecule has 3 rings (SSSR count). The normalized spacial score (nSPS) is 15.1. The second kappa shape index (κ2) is 5.34. The van der Waals surface area contributed by atoms with Crippen molar-refractivity contribution >= 4 is 17.0 Å². The number of hydrogen-bond acceptors (Lipinski definition) is 4. The van der Waals surface area contributed by atoms with Gasteiger partial charge in [0.05, 0.1) is 4.92 Å². The minimum Gasteiger partial charge on any atom is -0.323 e. The Kier molecular flexibility index (Phi) is 3.54. The summed E-state index contributed by atoms with van der Waals surface area (Å²) < 4.78 is 0. The van der Waals surface area contributed by atoms with Crippen molar-refractivity contribution in [1.82, 2.24) is 0 Å². The van der Waals surface area contributed by atoms with Crippen molar-refractivity contribution in [3.63, 3.8) is 0 Å². The van der Waals surface area contributed by atoms with Crippen LogP contribution < -0.4 is 5.73 Å². The molecule has 0 amide bonds. The summed E-state index contributed by atoms with van der Waals surface area (Å²) in [4.78, 5) is 13.0. The summed E-state index contributed by atoms with van der Waals surface area (Å²) in [5, 5.41) is 10.6. The Morgan fingerprint density at radius 2 is 2.05 bits per heavy atom. The molecule has 0 saturated carbocycles. The fourth-order valence-corrected chi connectivity index (χ4v) is 3.90. The molecule has 0 bridgehead atoms. The molecule has 1 heterocycles. The maximum atomic E-state index is 10.6. The number of benzene rings is 1. The molecule has 1 aromatic heterocycles. The molecule has 0 saturated heterocycles. The van der Waals surface area contributed by atoms with Crippen LogP contribution in [0.3, 0.4) is 0 Å². The third-order valence-corrected chi connectivity index (χ3v) is 5.10. The van der Waals surface area contributed by atoms with Gasteiger partial charge in [-0.3, -0.25) is 10.1 Å². The van der Waals surface area contributed by atoms with Crippen LogP contribution >= 0.6 is 11.3 Å². The zero-order valence-corrected chi connectivity index (χ0v) is 11.9. The molecule has 5 heteroatoms. The molecule has 0 aliphatic heterocycles. The van der Waals surface area contributed by atoms with E-state index in [4.69, 9.17) is 5.73 Å². The number of nitrogens with zero attached hydrogens (tertiary/aromatic N) is 1. The summed E-state index contributed by atoms with van der Waals surface area (Å²) in [7, 11) is 0. The van der Waals surface area contributed by atoms with E-state index in [1.165, 1.54) is 46.7 Å². The van der Waals surface area contributed by atoms with Crippen molar-refractivity contribution < 1.29 is 4.92 Å². The molecule has 0 spiro atoms. The first kappa shape index (κ1) is 13.3. The van der Waals surface area contributed by atoms with Gasteiger partial charge in [0.25, 0.3) is 5.69 Å². The van der Waals surface area contributed by atoms with Gasteiger partial charge in [0.2, 0.25) is 0 Å².